The van der Waals surface area contributed by atoms with E-state index >= 15 is 0 Å². The highest BCUT2D eigenvalue weighted by atomic mass is 16.5. The van der Waals surface area contributed by atoms with Gasteiger partial charge in [-0.1, -0.05) is 31.2 Å². The molecule has 0 fully saturated rings. The molecule has 1 rings (SSSR count). The van der Waals surface area contributed by atoms with Gasteiger partial charge in [-0.2, -0.15) is 0 Å². The number of hydrogen-bond acceptors (Lipinski definition) is 2. The molecule has 1 aromatic rings. The summed E-state index contributed by atoms with van der Waals surface area (Å²) in [6, 6.07) is 8.97. The number of rotatable bonds is 7. The van der Waals surface area contributed by atoms with Crippen LogP contribution in [-0.4, -0.2) is 25.3 Å². The fourth-order valence-corrected chi connectivity index (χ4v) is 1.89. The molecule has 0 aromatic heterocycles. The standard InChI is InChI=1S/C15H25NO/c1-5-16-15(11-17-12(2)3)10-14-9-7-6-8-13(14)4/h6-9,12,15-16H,5,10-11H2,1-4H3. The quantitative estimate of drug-likeness (QED) is 0.784. The molecule has 2 nitrogen and oxygen atoms in total. The van der Waals surface area contributed by atoms with Crippen molar-refractivity contribution < 1.29 is 4.74 Å². The number of hydrogen-bond donors (Lipinski definition) is 1. The molecule has 17 heavy (non-hydrogen) atoms. The molecule has 1 unspecified atom stereocenters. The first-order chi connectivity index (χ1) is 8.13. The first-order valence-corrected chi connectivity index (χ1v) is 6.53. The van der Waals surface area contributed by atoms with Crippen LogP contribution >= 0.6 is 0 Å². The zero-order chi connectivity index (χ0) is 12.7. The van der Waals surface area contributed by atoms with Gasteiger partial charge in [-0.15, -0.1) is 0 Å². The Bertz CT molecular complexity index is 322. The molecule has 0 radical (unpaired) electrons. The van der Waals surface area contributed by atoms with Crippen LogP contribution in [0.3, 0.4) is 0 Å². The summed E-state index contributed by atoms with van der Waals surface area (Å²) in [4.78, 5) is 0. The van der Waals surface area contributed by atoms with Crippen molar-refractivity contribution in [3.63, 3.8) is 0 Å². The van der Waals surface area contributed by atoms with Gasteiger partial charge in [-0.3, -0.25) is 0 Å². The van der Waals surface area contributed by atoms with Gasteiger partial charge in [0.1, 0.15) is 0 Å². The largest absolute Gasteiger partial charge is 0.377 e. The highest BCUT2D eigenvalue weighted by molar-refractivity contribution is 5.26. The second-order valence-electron chi connectivity index (χ2n) is 4.77. The average Bonchev–Trinajstić information content (AvgIpc) is 2.29. The molecule has 0 spiro atoms. The van der Waals surface area contributed by atoms with Gasteiger partial charge in [0.15, 0.2) is 0 Å². The lowest BCUT2D eigenvalue weighted by Crippen LogP contribution is -2.36. The lowest BCUT2D eigenvalue weighted by atomic mass is 10.0. The van der Waals surface area contributed by atoms with E-state index in [1.54, 1.807) is 0 Å². The fraction of sp³-hybridized carbons (Fsp3) is 0.600. The maximum absolute atomic E-state index is 5.71. The minimum Gasteiger partial charge on any atom is -0.377 e. The van der Waals surface area contributed by atoms with E-state index in [1.807, 2.05) is 0 Å². The topological polar surface area (TPSA) is 21.3 Å². The van der Waals surface area contributed by atoms with Gasteiger partial charge in [0.05, 0.1) is 12.7 Å². The zero-order valence-corrected chi connectivity index (χ0v) is 11.5. The van der Waals surface area contributed by atoms with Crippen LogP contribution in [0.1, 0.15) is 31.9 Å². The summed E-state index contributed by atoms with van der Waals surface area (Å²) < 4.78 is 5.71. The minimum atomic E-state index is 0.299. The van der Waals surface area contributed by atoms with Crippen LogP contribution in [0.25, 0.3) is 0 Å². The molecule has 1 atom stereocenters. The fourth-order valence-electron chi connectivity index (χ4n) is 1.89. The predicted octanol–water partition coefficient (Wildman–Crippen LogP) is 2.94. The van der Waals surface area contributed by atoms with Gasteiger partial charge in [-0.05, 0) is 44.9 Å². The van der Waals surface area contributed by atoms with E-state index in [9.17, 15) is 0 Å². The Labute approximate surface area is 105 Å². The Balaban J connectivity index is 2.56. The number of ether oxygens (including phenoxy) is 1. The molecule has 0 heterocycles. The van der Waals surface area contributed by atoms with Crippen LogP contribution in [0.15, 0.2) is 24.3 Å². The van der Waals surface area contributed by atoms with E-state index in [0.717, 1.165) is 19.6 Å². The summed E-state index contributed by atoms with van der Waals surface area (Å²) >= 11 is 0. The lowest BCUT2D eigenvalue weighted by Gasteiger charge is -2.20. The Hall–Kier alpha value is -0.860. The summed E-state index contributed by atoms with van der Waals surface area (Å²) in [6.07, 6.45) is 1.33. The number of aryl methyl sites for hydroxylation is 1. The first-order valence-electron chi connectivity index (χ1n) is 6.53. The van der Waals surface area contributed by atoms with Crippen molar-refractivity contribution >= 4 is 0 Å². The molecule has 0 bridgehead atoms. The van der Waals surface area contributed by atoms with E-state index in [1.165, 1.54) is 11.1 Å². The third-order valence-electron chi connectivity index (χ3n) is 2.85. The number of nitrogens with one attached hydrogen (secondary N) is 1. The van der Waals surface area contributed by atoms with Crippen molar-refractivity contribution in [1.29, 1.82) is 0 Å². The number of likely N-dealkylation sites (N-methyl/N-ethyl adjacent to an activating group) is 1. The minimum absolute atomic E-state index is 0.299. The third kappa shape index (κ3) is 5.33. The van der Waals surface area contributed by atoms with Gasteiger partial charge in [-0.25, -0.2) is 0 Å². The summed E-state index contributed by atoms with van der Waals surface area (Å²) in [5.74, 6) is 0. The maximum atomic E-state index is 5.71. The molecule has 0 aliphatic heterocycles. The van der Waals surface area contributed by atoms with E-state index in [0.29, 0.717) is 12.1 Å². The molecular formula is C15H25NO. The second-order valence-corrected chi connectivity index (χ2v) is 4.77. The maximum Gasteiger partial charge on any atom is 0.0626 e. The van der Waals surface area contributed by atoms with Crippen LogP contribution in [-0.2, 0) is 11.2 Å². The van der Waals surface area contributed by atoms with Crippen molar-refractivity contribution in [2.75, 3.05) is 13.2 Å². The van der Waals surface area contributed by atoms with Crippen LogP contribution < -0.4 is 5.32 Å². The van der Waals surface area contributed by atoms with Crippen molar-refractivity contribution in [3.05, 3.63) is 35.4 Å². The molecule has 0 saturated carbocycles. The lowest BCUT2D eigenvalue weighted by molar-refractivity contribution is 0.0616. The van der Waals surface area contributed by atoms with Crippen molar-refractivity contribution in [3.8, 4) is 0 Å². The van der Waals surface area contributed by atoms with Crippen LogP contribution in [0.4, 0.5) is 0 Å². The van der Waals surface area contributed by atoms with Crippen LogP contribution in [0, 0.1) is 6.92 Å². The first kappa shape index (κ1) is 14.2. The Morgan fingerprint density at radius 2 is 1.94 bits per heavy atom. The predicted molar refractivity (Wildman–Crippen MR) is 73.4 cm³/mol. The molecule has 0 amide bonds. The van der Waals surface area contributed by atoms with E-state index in [-0.39, 0.29) is 0 Å². The summed E-state index contributed by atoms with van der Waals surface area (Å²) in [6.45, 7) is 10.2. The van der Waals surface area contributed by atoms with Crippen molar-refractivity contribution in [1.82, 2.24) is 5.32 Å². The van der Waals surface area contributed by atoms with Crippen LogP contribution in [0.2, 0.25) is 0 Å². The Morgan fingerprint density at radius 3 is 2.53 bits per heavy atom. The summed E-state index contributed by atoms with van der Waals surface area (Å²) in [5.41, 5.74) is 2.77. The molecule has 1 aromatic carbocycles. The molecule has 96 valence electrons. The zero-order valence-electron chi connectivity index (χ0n) is 11.5. The second kappa shape index (κ2) is 7.46. The molecule has 1 N–H and O–H groups in total. The molecule has 0 aliphatic carbocycles. The van der Waals surface area contributed by atoms with Gasteiger partial charge >= 0.3 is 0 Å². The highest BCUT2D eigenvalue weighted by Gasteiger charge is 2.10. The molecule has 0 saturated heterocycles. The Kier molecular flexibility index (Phi) is 6.23. The SMILES string of the molecule is CCNC(COC(C)C)Cc1ccccc1C. The number of benzene rings is 1. The molecular weight excluding hydrogens is 210 g/mol. The van der Waals surface area contributed by atoms with Gasteiger partial charge in [0.2, 0.25) is 0 Å². The van der Waals surface area contributed by atoms with E-state index < -0.39 is 0 Å². The van der Waals surface area contributed by atoms with Gasteiger partial charge in [0.25, 0.3) is 0 Å². The average molecular weight is 235 g/mol. The van der Waals surface area contributed by atoms with Crippen molar-refractivity contribution in [2.24, 2.45) is 0 Å². The summed E-state index contributed by atoms with van der Waals surface area (Å²) in [7, 11) is 0. The highest BCUT2D eigenvalue weighted by Crippen LogP contribution is 2.10. The molecule has 2 heteroatoms. The Morgan fingerprint density at radius 1 is 1.24 bits per heavy atom. The van der Waals surface area contributed by atoms with E-state index in [2.05, 4.69) is 57.3 Å². The van der Waals surface area contributed by atoms with Gasteiger partial charge in [0, 0.05) is 6.04 Å². The molecule has 0 aliphatic rings. The smallest absolute Gasteiger partial charge is 0.0626 e. The normalized spacial score (nSPS) is 13.0. The van der Waals surface area contributed by atoms with Crippen molar-refractivity contribution in [2.45, 2.75) is 46.3 Å². The van der Waals surface area contributed by atoms with Gasteiger partial charge < -0.3 is 10.1 Å². The monoisotopic (exact) mass is 235 g/mol. The summed E-state index contributed by atoms with van der Waals surface area (Å²) in [5, 5.41) is 3.49. The van der Waals surface area contributed by atoms with E-state index in [4.69, 9.17) is 4.74 Å². The van der Waals surface area contributed by atoms with Crippen LogP contribution in [0.5, 0.6) is 0 Å². The third-order valence-corrected chi connectivity index (χ3v) is 2.85.